The van der Waals surface area contributed by atoms with Crippen LogP contribution in [0.15, 0.2) is 42.5 Å². The molecule has 10 rings (SSSR count). The van der Waals surface area contributed by atoms with Crippen molar-refractivity contribution in [3.05, 3.63) is 53.6 Å². The van der Waals surface area contributed by atoms with Crippen LogP contribution < -0.4 is 5.19 Å². The standard InChI is InChI=1S/C29H43O6P2.C8H13Si.Fe/c1-20-12-24(5)31-21(2,13-25(6,30-20)34-24)28(20,16-36)18-10-9-11-19(18)29(17-37)22(3)14-26(7)33-23(29,4)15-27(8,32-22)35-26;1-9(2,3)8-6-4-5-7-8;/h9-11H,12-17,36-37H2,1-8H3;4-7H,1-3H3;/q2*-1;+2. The van der Waals surface area contributed by atoms with Crippen molar-refractivity contribution in [2.75, 3.05) is 12.3 Å². The smallest absolute Gasteiger partial charge is 0.344 e. The molecule has 0 aromatic heterocycles. The van der Waals surface area contributed by atoms with Crippen molar-refractivity contribution in [2.24, 2.45) is 0 Å². The van der Waals surface area contributed by atoms with Gasteiger partial charge in [0.2, 0.25) is 0 Å². The summed E-state index contributed by atoms with van der Waals surface area (Å²) in [7, 11) is 5.14. The molecule has 0 spiro atoms. The van der Waals surface area contributed by atoms with Gasteiger partial charge in [-0.25, -0.2) is 18.2 Å². The van der Waals surface area contributed by atoms with Crippen molar-refractivity contribution in [3.8, 4) is 0 Å². The van der Waals surface area contributed by atoms with Crippen LogP contribution in [0.3, 0.4) is 0 Å². The van der Waals surface area contributed by atoms with E-state index in [1.54, 1.807) is 5.19 Å². The summed E-state index contributed by atoms with van der Waals surface area (Å²) in [4.78, 5) is 0. The second-order valence-electron chi connectivity index (χ2n) is 17.8. The van der Waals surface area contributed by atoms with E-state index in [1.807, 2.05) is 0 Å². The first kappa shape index (κ1) is 36.8. The van der Waals surface area contributed by atoms with Crippen LogP contribution in [-0.4, -0.2) is 66.0 Å². The average Bonchev–Trinajstić information content (AvgIpc) is 3.53. The Hall–Kier alpha value is 0.0564. The zero-order chi connectivity index (χ0) is 33.7. The summed E-state index contributed by atoms with van der Waals surface area (Å²) in [5, 5.41) is 1.56. The molecule has 6 nitrogen and oxygen atoms in total. The molecule has 10 heteroatoms. The number of hydrogen-bond acceptors (Lipinski definition) is 6. The fourth-order valence-corrected chi connectivity index (χ4v) is 15.5. The molecule has 8 fully saturated rings. The molecule has 8 saturated heterocycles. The van der Waals surface area contributed by atoms with Gasteiger partial charge >= 0.3 is 17.1 Å². The van der Waals surface area contributed by atoms with Crippen LogP contribution in [-0.2, 0) is 56.3 Å². The molecule has 8 aliphatic heterocycles. The van der Waals surface area contributed by atoms with Gasteiger partial charge in [0.05, 0.1) is 30.5 Å². The molecule has 0 saturated carbocycles. The maximum atomic E-state index is 6.97. The summed E-state index contributed by atoms with van der Waals surface area (Å²) < 4.78 is 40.6. The predicted octanol–water partition coefficient (Wildman–Crippen LogP) is 7.22. The molecule has 2 aromatic rings. The SMILES string of the molecule is CC12CC3(C)OC(C)(CC(C)(O1)C3(CP)c1cc[cH-]c1C1(CP)C3(C)CC4(C)OC(C)(CC1(C)O4)O3)O2.C[Si](C)(C)c1ccc[cH-]1.[Fe+2]. The molecule has 0 aliphatic carbocycles. The Balaban J connectivity index is 0.000000337. The van der Waals surface area contributed by atoms with E-state index in [0.717, 1.165) is 12.3 Å². The van der Waals surface area contributed by atoms with E-state index in [1.165, 1.54) is 11.1 Å². The quantitative estimate of drug-likeness (QED) is 0.183. The van der Waals surface area contributed by atoms with Crippen LogP contribution in [0.2, 0.25) is 19.6 Å². The molecule has 8 bridgehead atoms. The molecule has 0 N–H and O–H groups in total. The van der Waals surface area contributed by atoms with Crippen molar-refractivity contribution in [3.63, 3.8) is 0 Å². The largest absolute Gasteiger partial charge is 2.00 e. The minimum atomic E-state index is -0.981. The molecule has 0 amide bonds. The molecule has 10 atom stereocenters. The van der Waals surface area contributed by atoms with Crippen molar-refractivity contribution in [1.82, 2.24) is 0 Å². The van der Waals surface area contributed by atoms with Crippen LogP contribution >= 0.6 is 18.5 Å². The fourth-order valence-electron chi connectivity index (χ4n) is 12.1. The van der Waals surface area contributed by atoms with Crippen molar-refractivity contribution in [2.45, 2.75) is 157 Å². The zero-order valence-corrected chi connectivity index (χ0v) is 34.7. The Kier molecular flexibility index (Phi) is 8.28. The summed E-state index contributed by atoms with van der Waals surface area (Å²) in [5.41, 5.74) is -0.173. The maximum Gasteiger partial charge on any atom is 2.00 e. The van der Waals surface area contributed by atoms with Crippen LogP contribution in [0.4, 0.5) is 0 Å². The van der Waals surface area contributed by atoms with E-state index < -0.39 is 64.5 Å². The zero-order valence-electron chi connectivity index (χ0n) is 30.2. The number of rotatable bonds is 5. The normalized spacial score (nSPS) is 50.7. The van der Waals surface area contributed by atoms with Gasteiger partial charge in [-0.15, -0.1) is 18.5 Å². The van der Waals surface area contributed by atoms with E-state index in [4.69, 9.17) is 28.4 Å². The fraction of sp³-hybridized carbons (Fsp3) is 0.730. The first-order valence-electron chi connectivity index (χ1n) is 17.1. The minimum Gasteiger partial charge on any atom is -0.344 e. The first-order valence-corrected chi connectivity index (χ1v) is 22.3. The Bertz CT molecular complexity index is 1350. The van der Waals surface area contributed by atoms with Gasteiger partial charge in [0.25, 0.3) is 0 Å². The molecule has 262 valence electrons. The van der Waals surface area contributed by atoms with Crippen LogP contribution in [0, 0.1) is 0 Å². The van der Waals surface area contributed by atoms with Crippen molar-refractivity contribution < 1.29 is 45.5 Å². The minimum absolute atomic E-state index is 0. The van der Waals surface area contributed by atoms with Gasteiger partial charge in [-0.1, -0.05) is 19.6 Å². The Morgan fingerprint density at radius 3 is 1.32 bits per heavy atom. The van der Waals surface area contributed by atoms with Crippen LogP contribution in [0.1, 0.15) is 92.2 Å². The Labute approximate surface area is 299 Å². The molecule has 0 radical (unpaired) electrons. The third-order valence-electron chi connectivity index (χ3n) is 12.7. The topological polar surface area (TPSA) is 55.4 Å². The molecule has 8 aliphatic rings. The maximum absolute atomic E-state index is 6.97. The van der Waals surface area contributed by atoms with E-state index in [-0.39, 0.29) is 17.1 Å². The molecular weight excluding hydrogens is 686 g/mol. The van der Waals surface area contributed by atoms with Crippen molar-refractivity contribution in [1.29, 1.82) is 0 Å². The molecule has 2 aromatic carbocycles. The van der Waals surface area contributed by atoms with Gasteiger partial charge in [-0.2, -0.15) is 40.6 Å². The molecular formula is C37H56FeO6P2Si. The molecule has 47 heavy (non-hydrogen) atoms. The van der Waals surface area contributed by atoms with E-state index in [0.29, 0.717) is 25.7 Å². The summed E-state index contributed by atoms with van der Waals surface area (Å²) in [6.45, 7) is 24.5. The van der Waals surface area contributed by atoms with Gasteiger partial charge in [0.1, 0.15) is 0 Å². The summed E-state index contributed by atoms with van der Waals surface area (Å²) in [6, 6.07) is 15.5. The average molecular weight is 743 g/mol. The molecule has 10 unspecified atom stereocenters. The third kappa shape index (κ3) is 4.76. The molecule has 8 heterocycles. The monoisotopic (exact) mass is 742 g/mol. The van der Waals surface area contributed by atoms with Gasteiger partial charge in [-0.05, 0) is 67.7 Å². The Morgan fingerprint density at radius 2 is 1.00 bits per heavy atom. The van der Waals surface area contributed by atoms with Crippen LogP contribution in [0.25, 0.3) is 0 Å². The van der Waals surface area contributed by atoms with Crippen LogP contribution in [0.5, 0.6) is 0 Å². The predicted molar refractivity (Wildman–Crippen MR) is 192 cm³/mol. The van der Waals surface area contributed by atoms with E-state index in [9.17, 15) is 0 Å². The van der Waals surface area contributed by atoms with Gasteiger partial charge in [0.15, 0.2) is 23.1 Å². The van der Waals surface area contributed by atoms with E-state index >= 15 is 0 Å². The van der Waals surface area contributed by atoms with Gasteiger partial charge < -0.3 is 28.4 Å². The second kappa shape index (κ2) is 10.6. The Morgan fingerprint density at radius 1 is 0.596 bits per heavy atom. The van der Waals surface area contributed by atoms with Gasteiger partial charge in [-0.3, -0.25) is 0 Å². The van der Waals surface area contributed by atoms with Gasteiger partial charge in [0, 0.05) is 36.5 Å². The second-order valence-corrected chi connectivity index (χ2v) is 23.7. The summed E-state index contributed by atoms with van der Waals surface area (Å²) in [6.07, 6.45) is 4.30. The van der Waals surface area contributed by atoms with E-state index in [2.05, 4.69) is 136 Å². The number of hydrogen-bond donors (Lipinski definition) is 0. The summed E-state index contributed by atoms with van der Waals surface area (Å²) in [5.74, 6) is -2.68. The first-order chi connectivity index (χ1) is 21.0. The third-order valence-corrected chi connectivity index (χ3v) is 16.0. The van der Waals surface area contributed by atoms with Crippen molar-refractivity contribution >= 4 is 31.7 Å². The number of ether oxygens (including phenoxy) is 6. The summed E-state index contributed by atoms with van der Waals surface area (Å²) >= 11 is 0.